The SMILES string of the molecule is CC(C)CN(C)CCOc1cccc(C(=O)NN)c1. The molecule has 0 aliphatic heterocycles. The van der Waals surface area contributed by atoms with E-state index in [1.807, 2.05) is 6.07 Å². The van der Waals surface area contributed by atoms with E-state index in [0.717, 1.165) is 13.1 Å². The highest BCUT2D eigenvalue weighted by Crippen LogP contribution is 2.13. The first-order valence-corrected chi connectivity index (χ1v) is 6.45. The molecule has 0 aliphatic rings. The fraction of sp³-hybridized carbons (Fsp3) is 0.500. The van der Waals surface area contributed by atoms with Crippen molar-refractivity contribution in [3.63, 3.8) is 0 Å². The molecule has 3 N–H and O–H groups in total. The van der Waals surface area contributed by atoms with Crippen LogP contribution in [0.5, 0.6) is 5.75 Å². The Morgan fingerprint density at radius 3 is 2.84 bits per heavy atom. The summed E-state index contributed by atoms with van der Waals surface area (Å²) in [5.41, 5.74) is 2.60. The first-order chi connectivity index (χ1) is 9.02. The van der Waals surface area contributed by atoms with Gasteiger partial charge in [-0.3, -0.25) is 10.2 Å². The number of hydrogen-bond donors (Lipinski definition) is 2. The Labute approximate surface area is 114 Å². The second-order valence-corrected chi connectivity index (χ2v) is 5.01. The third-order valence-electron chi connectivity index (χ3n) is 2.65. The van der Waals surface area contributed by atoms with Gasteiger partial charge in [0.15, 0.2) is 0 Å². The van der Waals surface area contributed by atoms with Crippen LogP contribution in [0.15, 0.2) is 24.3 Å². The van der Waals surface area contributed by atoms with Crippen LogP contribution in [0.1, 0.15) is 24.2 Å². The molecule has 1 aromatic rings. The zero-order valence-electron chi connectivity index (χ0n) is 11.8. The van der Waals surface area contributed by atoms with Gasteiger partial charge in [0.1, 0.15) is 12.4 Å². The maximum absolute atomic E-state index is 11.4. The second-order valence-electron chi connectivity index (χ2n) is 5.01. The van der Waals surface area contributed by atoms with Gasteiger partial charge < -0.3 is 9.64 Å². The Balaban J connectivity index is 2.43. The molecule has 5 heteroatoms. The van der Waals surface area contributed by atoms with Gasteiger partial charge in [-0.1, -0.05) is 19.9 Å². The number of likely N-dealkylation sites (N-methyl/N-ethyl adjacent to an activating group) is 1. The standard InChI is InChI=1S/C14H23N3O2/c1-11(2)10-17(3)7-8-19-13-6-4-5-12(9-13)14(18)16-15/h4-6,9,11H,7-8,10,15H2,1-3H3,(H,16,18). The fourth-order valence-electron chi connectivity index (χ4n) is 1.84. The van der Waals surface area contributed by atoms with E-state index in [0.29, 0.717) is 23.8 Å². The van der Waals surface area contributed by atoms with Gasteiger partial charge in [0.25, 0.3) is 5.91 Å². The molecule has 0 fully saturated rings. The highest BCUT2D eigenvalue weighted by Gasteiger charge is 2.05. The maximum atomic E-state index is 11.4. The number of carbonyl (C=O) groups excluding carboxylic acids is 1. The Bertz CT molecular complexity index is 407. The topological polar surface area (TPSA) is 67.6 Å². The summed E-state index contributed by atoms with van der Waals surface area (Å²) in [4.78, 5) is 13.6. The summed E-state index contributed by atoms with van der Waals surface area (Å²) < 4.78 is 5.63. The first-order valence-electron chi connectivity index (χ1n) is 6.45. The van der Waals surface area contributed by atoms with Crippen molar-refractivity contribution in [2.24, 2.45) is 11.8 Å². The number of nitrogens with one attached hydrogen (secondary N) is 1. The first kappa shape index (κ1) is 15.5. The van der Waals surface area contributed by atoms with Gasteiger partial charge >= 0.3 is 0 Å². The van der Waals surface area contributed by atoms with Crippen molar-refractivity contribution < 1.29 is 9.53 Å². The summed E-state index contributed by atoms with van der Waals surface area (Å²) >= 11 is 0. The molecule has 1 amide bonds. The maximum Gasteiger partial charge on any atom is 0.265 e. The van der Waals surface area contributed by atoms with Crippen LogP contribution in [-0.4, -0.2) is 37.6 Å². The number of ether oxygens (including phenoxy) is 1. The number of nitrogen functional groups attached to an aromatic ring is 1. The van der Waals surface area contributed by atoms with Crippen LogP contribution in [0.3, 0.4) is 0 Å². The third-order valence-corrected chi connectivity index (χ3v) is 2.65. The van der Waals surface area contributed by atoms with E-state index in [1.165, 1.54) is 0 Å². The average Bonchev–Trinajstić information content (AvgIpc) is 2.37. The number of carbonyl (C=O) groups is 1. The molecular formula is C14H23N3O2. The number of nitrogens with two attached hydrogens (primary N) is 1. The quantitative estimate of drug-likeness (QED) is 0.442. The molecule has 0 bridgehead atoms. The van der Waals surface area contributed by atoms with Crippen LogP contribution < -0.4 is 16.0 Å². The molecule has 0 heterocycles. The van der Waals surface area contributed by atoms with Gasteiger partial charge in [0, 0.05) is 18.7 Å². The minimum absolute atomic E-state index is 0.317. The summed E-state index contributed by atoms with van der Waals surface area (Å²) in [6, 6.07) is 6.98. The minimum Gasteiger partial charge on any atom is -0.492 e. The Morgan fingerprint density at radius 2 is 2.21 bits per heavy atom. The van der Waals surface area contributed by atoms with Crippen LogP contribution in [0.4, 0.5) is 0 Å². The third kappa shape index (κ3) is 5.72. The summed E-state index contributed by atoms with van der Waals surface area (Å²) in [5.74, 6) is 6.10. The molecule has 0 saturated carbocycles. The highest BCUT2D eigenvalue weighted by atomic mass is 16.5. The molecule has 0 saturated heterocycles. The van der Waals surface area contributed by atoms with Crippen molar-refractivity contribution in [1.82, 2.24) is 10.3 Å². The van der Waals surface area contributed by atoms with E-state index >= 15 is 0 Å². The average molecular weight is 265 g/mol. The number of rotatable bonds is 7. The highest BCUT2D eigenvalue weighted by molar-refractivity contribution is 5.94. The number of hydrazine groups is 1. The van der Waals surface area contributed by atoms with Gasteiger partial charge in [0.05, 0.1) is 0 Å². The summed E-state index contributed by atoms with van der Waals surface area (Å²) in [6.07, 6.45) is 0. The smallest absolute Gasteiger partial charge is 0.265 e. The van der Waals surface area contributed by atoms with E-state index in [9.17, 15) is 4.79 Å². The van der Waals surface area contributed by atoms with Gasteiger partial charge in [-0.2, -0.15) is 0 Å². The lowest BCUT2D eigenvalue weighted by molar-refractivity contribution is 0.0953. The van der Waals surface area contributed by atoms with Crippen molar-refractivity contribution in [2.45, 2.75) is 13.8 Å². The molecule has 0 spiro atoms. The second kappa shape index (κ2) is 7.76. The summed E-state index contributed by atoms with van der Waals surface area (Å²) in [7, 11) is 2.07. The number of hydrogen-bond acceptors (Lipinski definition) is 4. The molecule has 1 rings (SSSR count). The van der Waals surface area contributed by atoms with Crippen molar-refractivity contribution in [1.29, 1.82) is 0 Å². The van der Waals surface area contributed by atoms with E-state index in [-0.39, 0.29) is 5.91 Å². The lowest BCUT2D eigenvalue weighted by atomic mass is 10.2. The van der Waals surface area contributed by atoms with E-state index in [1.54, 1.807) is 18.2 Å². The molecule has 0 atom stereocenters. The van der Waals surface area contributed by atoms with Gasteiger partial charge in [0.2, 0.25) is 0 Å². The predicted octanol–water partition coefficient (Wildman–Crippen LogP) is 1.26. The van der Waals surface area contributed by atoms with Crippen LogP contribution in [0.25, 0.3) is 0 Å². The molecule has 0 aliphatic carbocycles. The fourth-order valence-corrected chi connectivity index (χ4v) is 1.84. The molecule has 19 heavy (non-hydrogen) atoms. The molecule has 1 aromatic carbocycles. The van der Waals surface area contributed by atoms with E-state index in [2.05, 4.69) is 31.2 Å². The van der Waals surface area contributed by atoms with Crippen LogP contribution >= 0.6 is 0 Å². The zero-order chi connectivity index (χ0) is 14.3. The lowest BCUT2D eigenvalue weighted by Crippen LogP contribution is -2.30. The Morgan fingerprint density at radius 1 is 1.47 bits per heavy atom. The number of amides is 1. The zero-order valence-corrected chi connectivity index (χ0v) is 11.8. The van der Waals surface area contributed by atoms with E-state index < -0.39 is 0 Å². The molecule has 0 unspecified atom stereocenters. The molecule has 106 valence electrons. The summed E-state index contributed by atoms with van der Waals surface area (Å²) in [6.45, 7) is 6.86. The van der Waals surface area contributed by atoms with Crippen molar-refractivity contribution in [3.05, 3.63) is 29.8 Å². The largest absolute Gasteiger partial charge is 0.492 e. The molecule has 5 nitrogen and oxygen atoms in total. The molecule has 0 radical (unpaired) electrons. The predicted molar refractivity (Wildman–Crippen MR) is 75.9 cm³/mol. The normalized spacial score (nSPS) is 10.8. The Hall–Kier alpha value is -1.59. The van der Waals surface area contributed by atoms with Crippen molar-refractivity contribution in [2.75, 3.05) is 26.7 Å². The van der Waals surface area contributed by atoms with Crippen LogP contribution in [-0.2, 0) is 0 Å². The van der Waals surface area contributed by atoms with Crippen molar-refractivity contribution >= 4 is 5.91 Å². The van der Waals surface area contributed by atoms with Gasteiger partial charge in [-0.05, 0) is 31.2 Å². The lowest BCUT2D eigenvalue weighted by Gasteiger charge is -2.19. The minimum atomic E-state index is -0.317. The summed E-state index contributed by atoms with van der Waals surface area (Å²) in [5, 5.41) is 0. The molecular weight excluding hydrogens is 242 g/mol. The molecule has 0 aromatic heterocycles. The Kier molecular flexibility index (Phi) is 6.32. The van der Waals surface area contributed by atoms with Gasteiger partial charge in [-0.25, -0.2) is 5.84 Å². The van der Waals surface area contributed by atoms with Crippen molar-refractivity contribution in [3.8, 4) is 5.75 Å². The van der Waals surface area contributed by atoms with Crippen LogP contribution in [0, 0.1) is 5.92 Å². The monoisotopic (exact) mass is 265 g/mol. The number of nitrogens with zero attached hydrogens (tertiary/aromatic N) is 1. The van der Waals surface area contributed by atoms with Gasteiger partial charge in [-0.15, -0.1) is 0 Å². The number of benzene rings is 1. The van der Waals surface area contributed by atoms with Crippen LogP contribution in [0.2, 0.25) is 0 Å². The van der Waals surface area contributed by atoms with E-state index in [4.69, 9.17) is 10.6 Å².